The lowest BCUT2D eigenvalue weighted by Crippen LogP contribution is -2.46. The third-order valence-corrected chi connectivity index (χ3v) is 6.38. The second-order valence-electron chi connectivity index (χ2n) is 6.86. The Morgan fingerprint density at radius 3 is 2.60 bits per heavy atom. The van der Waals surface area contributed by atoms with E-state index in [0.29, 0.717) is 12.4 Å². The second kappa shape index (κ2) is 8.75. The number of benzene rings is 1. The van der Waals surface area contributed by atoms with E-state index in [2.05, 4.69) is 6.92 Å². The largest absolute Gasteiger partial charge is 0.464 e. The van der Waals surface area contributed by atoms with Gasteiger partial charge in [0.1, 0.15) is 11.4 Å². The topological polar surface area (TPSA) is 46.6 Å². The van der Waals surface area contributed by atoms with E-state index in [-0.39, 0.29) is 23.2 Å². The third-order valence-electron chi connectivity index (χ3n) is 5.06. The van der Waals surface area contributed by atoms with Gasteiger partial charge in [-0.15, -0.1) is 11.8 Å². The zero-order valence-electron chi connectivity index (χ0n) is 14.9. The molecule has 136 valence electrons. The number of esters is 1. The lowest BCUT2D eigenvalue weighted by molar-refractivity contribution is -0.155. The van der Waals surface area contributed by atoms with E-state index in [0.717, 1.165) is 44.1 Å². The molecule has 1 aromatic rings. The van der Waals surface area contributed by atoms with Crippen LogP contribution in [0.4, 0.5) is 0 Å². The number of ether oxygens (including phenoxy) is 1. The lowest BCUT2D eigenvalue weighted by Gasteiger charge is -2.30. The Morgan fingerprint density at radius 2 is 1.92 bits per heavy atom. The van der Waals surface area contributed by atoms with E-state index >= 15 is 0 Å². The summed E-state index contributed by atoms with van der Waals surface area (Å²) < 4.78 is 5.45. The molecule has 0 N–H and O–H groups in total. The Balaban J connectivity index is 1.79. The van der Waals surface area contributed by atoms with E-state index in [4.69, 9.17) is 4.74 Å². The minimum absolute atomic E-state index is 0.0656. The highest BCUT2D eigenvalue weighted by Gasteiger charge is 2.45. The molecule has 0 radical (unpaired) electrons. The lowest BCUT2D eigenvalue weighted by atomic mass is 10.0. The summed E-state index contributed by atoms with van der Waals surface area (Å²) in [7, 11) is 0. The van der Waals surface area contributed by atoms with E-state index in [1.165, 1.54) is 0 Å². The van der Waals surface area contributed by atoms with Crippen LogP contribution in [0.5, 0.6) is 0 Å². The van der Waals surface area contributed by atoms with Crippen molar-refractivity contribution < 1.29 is 14.3 Å². The van der Waals surface area contributed by atoms with Gasteiger partial charge in [0.2, 0.25) is 5.91 Å². The van der Waals surface area contributed by atoms with Gasteiger partial charge in [-0.2, -0.15) is 0 Å². The summed E-state index contributed by atoms with van der Waals surface area (Å²) in [5, 5.41) is -0.0852. The van der Waals surface area contributed by atoms with Gasteiger partial charge in [0.05, 0.1) is 6.61 Å². The van der Waals surface area contributed by atoms with Gasteiger partial charge in [0, 0.05) is 11.7 Å². The molecular formula is C20H27NO3S. The van der Waals surface area contributed by atoms with Crippen molar-refractivity contribution in [2.24, 2.45) is 5.92 Å². The van der Waals surface area contributed by atoms with Crippen molar-refractivity contribution in [3.8, 4) is 0 Å². The van der Waals surface area contributed by atoms with Crippen molar-refractivity contribution in [2.75, 3.05) is 12.4 Å². The maximum Gasteiger partial charge on any atom is 0.329 e. The van der Waals surface area contributed by atoms with Crippen LogP contribution in [-0.4, -0.2) is 35.2 Å². The average Bonchev–Trinajstić information content (AvgIpc) is 3.32. The molecule has 1 saturated carbocycles. The average molecular weight is 362 g/mol. The molecule has 1 saturated heterocycles. The molecule has 0 bridgehead atoms. The standard InChI is InChI=1S/C20H27NO3S/c1-2-3-13-24-20(23)17-14-25-19(16-11-5-4-6-12-16)21(17)18(22)15-9-7-8-10-15/h4-6,11-12,15,17,19H,2-3,7-10,13-14H2,1H3. The molecule has 2 fully saturated rings. The molecule has 2 atom stereocenters. The van der Waals surface area contributed by atoms with Gasteiger partial charge in [0.25, 0.3) is 0 Å². The molecule has 1 heterocycles. The van der Waals surface area contributed by atoms with Crippen LogP contribution in [0.1, 0.15) is 56.4 Å². The maximum absolute atomic E-state index is 13.2. The van der Waals surface area contributed by atoms with E-state index in [1.807, 2.05) is 35.2 Å². The number of hydrogen-bond donors (Lipinski definition) is 0. The zero-order valence-corrected chi connectivity index (χ0v) is 15.7. The highest BCUT2D eigenvalue weighted by molar-refractivity contribution is 7.99. The molecule has 1 amide bonds. The van der Waals surface area contributed by atoms with Crippen LogP contribution in [-0.2, 0) is 14.3 Å². The van der Waals surface area contributed by atoms with Crippen LogP contribution in [0, 0.1) is 5.92 Å². The number of carbonyl (C=O) groups is 2. The number of rotatable bonds is 6. The molecule has 0 spiro atoms. The van der Waals surface area contributed by atoms with Gasteiger partial charge in [-0.05, 0) is 24.8 Å². The molecule has 2 unspecified atom stereocenters. The zero-order chi connectivity index (χ0) is 17.6. The highest BCUT2D eigenvalue weighted by atomic mass is 32.2. The number of nitrogens with zero attached hydrogens (tertiary/aromatic N) is 1. The van der Waals surface area contributed by atoms with Crippen LogP contribution in [0.2, 0.25) is 0 Å². The molecule has 1 aliphatic carbocycles. The summed E-state index contributed by atoms with van der Waals surface area (Å²) in [6, 6.07) is 9.57. The molecule has 3 rings (SSSR count). The summed E-state index contributed by atoms with van der Waals surface area (Å²) in [4.78, 5) is 27.6. The monoisotopic (exact) mass is 361 g/mol. The van der Waals surface area contributed by atoms with Crippen LogP contribution in [0.15, 0.2) is 30.3 Å². The summed E-state index contributed by atoms with van der Waals surface area (Å²) in [5.41, 5.74) is 1.09. The second-order valence-corrected chi connectivity index (χ2v) is 7.97. The molecule has 1 aliphatic heterocycles. The molecule has 5 heteroatoms. The minimum atomic E-state index is -0.458. The fourth-order valence-corrected chi connectivity index (χ4v) is 5.05. The molecule has 0 aromatic heterocycles. The van der Waals surface area contributed by atoms with Crippen molar-refractivity contribution in [2.45, 2.75) is 56.9 Å². The fraction of sp³-hybridized carbons (Fsp3) is 0.600. The summed E-state index contributed by atoms with van der Waals surface area (Å²) >= 11 is 1.67. The van der Waals surface area contributed by atoms with Crippen molar-refractivity contribution in [3.05, 3.63) is 35.9 Å². The van der Waals surface area contributed by atoms with Crippen molar-refractivity contribution in [3.63, 3.8) is 0 Å². The normalized spacial score (nSPS) is 23.8. The van der Waals surface area contributed by atoms with Gasteiger partial charge in [-0.25, -0.2) is 4.79 Å². The molecular weight excluding hydrogens is 334 g/mol. The summed E-state index contributed by atoms with van der Waals surface area (Å²) in [6.07, 6.45) is 5.96. The van der Waals surface area contributed by atoms with Gasteiger partial charge < -0.3 is 9.64 Å². The third kappa shape index (κ3) is 4.20. The van der Waals surface area contributed by atoms with Gasteiger partial charge in [-0.1, -0.05) is 56.5 Å². The Morgan fingerprint density at radius 1 is 1.20 bits per heavy atom. The smallest absolute Gasteiger partial charge is 0.329 e. The van der Waals surface area contributed by atoms with Crippen molar-refractivity contribution in [1.82, 2.24) is 4.90 Å². The first-order valence-corrected chi connectivity index (χ1v) is 10.4. The Labute approximate surface area is 154 Å². The fourth-order valence-electron chi connectivity index (χ4n) is 3.63. The number of amides is 1. The Hall–Kier alpha value is -1.49. The quantitative estimate of drug-likeness (QED) is 0.564. The predicted molar refractivity (Wildman–Crippen MR) is 100 cm³/mol. The first-order valence-electron chi connectivity index (χ1n) is 9.37. The van der Waals surface area contributed by atoms with Gasteiger partial charge >= 0.3 is 5.97 Å². The predicted octanol–water partition coefficient (Wildman–Crippen LogP) is 4.16. The highest BCUT2D eigenvalue weighted by Crippen LogP contribution is 2.43. The SMILES string of the molecule is CCCCOC(=O)C1CSC(c2ccccc2)N1C(=O)C1CCCC1. The number of unbranched alkanes of at least 4 members (excludes halogenated alkanes) is 1. The number of hydrogen-bond acceptors (Lipinski definition) is 4. The van der Waals surface area contributed by atoms with Gasteiger partial charge in [-0.3, -0.25) is 4.79 Å². The van der Waals surface area contributed by atoms with Crippen LogP contribution < -0.4 is 0 Å². The van der Waals surface area contributed by atoms with Crippen molar-refractivity contribution >= 4 is 23.6 Å². The van der Waals surface area contributed by atoms with Crippen molar-refractivity contribution in [1.29, 1.82) is 0 Å². The summed E-state index contributed by atoms with van der Waals surface area (Å²) in [5.74, 6) is 0.568. The van der Waals surface area contributed by atoms with Crippen LogP contribution >= 0.6 is 11.8 Å². The number of carbonyl (C=O) groups excluding carboxylic acids is 2. The first kappa shape index (κ1) is 18.3. The summed E-state index contributed by atoms with van der Waals surface area (Å²) in [6.45, 7) is 2.51. The molecule has 2 aliphatic rings. The van der Waals surface area contributed by atoms with Crippen LogP contribution in [0.3, 0.4) is 0 Å². The van der Waals surface area contributed by atoms with E-state index < -0.39 is 6.04 Å². The van der Waals surface area contributed by atoms with E-state index in [1.54, 1.807) is 11.8 Å². The van der Waals surface area contributed by atoms with Gasteiger partial charge in [0.15, 0.2) is 0 Å². The molecule has 1 aromatic carbocycles. The maximum atomic E-state index is 13.2. The molecule has 25 heavy (non-hydrogen) atoms. The first-order chi connectivity index (χ1) is 12.2. The Bertz CT molecular complexity index is 586. The Kier molecular flexibility index (Phi) is 6.40. The van der Waals surface area contributed by atoms with E-state index in [9.17, 15) is 9.59 Å². The minimum Gasteiger partial charge on any atom is -0.464 e. The number of thioether (sulfide) groups is 1. The molecule has 4 nitrogen and oxygen atoms in total. The van der Waals surface area contributed by atoms with Crippen LogP contribution in [0.25, 0.3) is 0 Å².